The van der Waals surface area contributed by atoms with Crippen LogP contribution in [0.4, 0.5) is 10.2 Å². The van der Waals surface area contributed by atoms with Crippen LogP contribution in [0.1, 0.15) is 48.6 Å². The Morgan fingerprint density at radius 3 is 2.67 bits per heavy atom. The summed E-state index contributed by atoms with van der Waals surface area (Å²) in [7, 11) is 0. The van der Waals surface area contributed by atoms with Gasteiger partial charge in [0.2, 0.25) is 5.91 Å². The second-order valence-corrected chi connectivity index (χ2v) is 9.28. The van der Waals surface area contributed by atoms with E-state index < -0.39 is 18.8 Å². The standard InChI is InChI=1S/C24H31ClFN5O2/c1-16-13-20(32)22-21(16)23(29-15-28-22)30-9-11-31(12-10-30)24(33)19(27-8-2-7-26)14-17-3-5-18(25)6-4-17/h3-6,15-16,19-20,27,32H,2,7-14H2,1H3/t16-,19-,20-/m1/s1. The second-order valence-electron chi connectivity index (χ2n) is 8.84. The number of amides is 1. The minimum atomic E-state index is -0.538. The Morgan fingerprint density at radius 1 is 1.24 bits per heavy atom. The summed E-state index contributed by atoms with van der Waals surface area (Å²) in [4.78, 5) is 26.2. The number of aromatic nitrogens is 2. The van der Waals surface area contributed by atoms with E-state index in [0.717, 1.165) is 22.6 Å². The van der Waals surface area contributed by atoms with Crippen LogP contribution in [0.3, 0.4) is 0 Å². The minimum Gasteiger partial charge on any atom is -0.387 e. The Hall–Kier alpha value is -2.29. The highest BCUT2D eigenvalue weighted by Gasteiger charge is 2.34. The number of fused-ring (bicyclic) bond motifs is 1. The molecule has 4 rings (SSSR count). The number of aliphatic hydroxyl groups excluding tert-OH is 1. The van der Waals surface area contributed by atoms with Gasteiger partial charge in [-0.3, -0.25) is 9.18 Å². The summed E-state index contributed by atoms with van der Waals surface area (Å²) in [5.74, 6) is 1.10. The van der Waals surface area contributed by atoms with E-state index in [-0.39, 0.29) is 11.8 Å². The fourth-order valence-corrected chi connectivity index (χ4v) is 4.89. The van der Waals surface area contributed by atoms with E-state index in [9.17, 15) is 14.3 Å². The predicted octanol–water partition coefficient (Wildman–Crippen LogP) is 2.88. The van der Waals surface area contributed by atoms with Gasteiger partial charge in [0, 0.05) is 36.8 Å². The molecular weight excluding hydrogens is 445 g/mol. The van der Waals surface area contributed by atoms with Crippen molar-refractivity contribution in [2.75, 3.05) is 44.3 Å². The largest absolute Gasteiger partial charge is 0.387 e. The lowest BCUT2D eigenvalue weighted by Gasteiger charge is -2.38. The summed E-state index contributed by atoms with van der Waals surface area (Å²) < 4.78 is 12.6. The third-order valence-corrected chi connectivity index (χ3v) is 6.77. The SMILES string of the molecule is C[C@@H]1C[C@@H](O)c2ncnc(N3CCN(C(=O)[C@@H](Cc4ccc(Cl)cc4)NCCCF)CC3)c21. The van der Waals surface area contributed by atoms with Crippen LogP contribution in [0.5, 0.6) is 0 Å². The molecule has 33 heavy (non-hydrogen) atoms. The van der Waals surface area contributed by atoms with Crippen LogP contribution >= 0.6 is 11.6 Å². The summed E-state index contributed by atoms with van der Waals surface area (Å²) in [5.41, 5.74) is 2.76. The fourth-order valence-electron chi connectivity index (χ4n) is 4.76. The average Bonchev–Trinajstić information content (AvgIpc) is 3.13. The zero-order chi connectivity index (χ0) is 23.4. The molecule has 3 atom stereocenters. The zero-order valence-corrected chi connectivity index (χ0v) is 19.6. The Labute approximate surface area is 199 Å². The van der Waals surface area contributed by atoms with Crippen molar-refractivity contribution in [2.24, 2.45) is 0 Å². The molecule has 0 bridgehead atoms. The van der Waals surface area contributed by atoms with Gasteiger partial charge in [0.1, 0.15) is 12.1 Å². The minimum absolute atomic E-state index is 0.0279. The molecule has 2 N–H and O–H groups in total. The first kappa shape index (κ1) is 23.9. The molecule has 2 aromatic rings. The van der Waals surface area contributed by atoms with Crippen molar-refractivity contribution in [2.45, 2.75) is 44.2 Å². The summed E-state index contributed by atoms with van der Waals surface area (Å²) in [6.45, 7) is 4.61. The van der Waals surface area contributed by atoms with E-state index in [1.807, 2.05) is 29.2 Å². The van der Waals surface area contributed by atoms with E-state index >= 15 is 0 Å². The molecule has 0 radical (unpaired) electrons. The Bertz CT molecular complexity index is 952. The van der Waals surface area contributed by atoms with Crippen molar-refractivity contribution in [1.82, 2.24) is 20.2 Å². The van der Waals surface area contributed by atoms with Gasteiger partial charge in [0.05, 0.1) is 24.5 Å². The van der Waals surface area contributed by atoms with Gasteiger partial charge in [-0.25, -0.2) is 9.97 Å². The number of carbonyl (C=O) groups excluding carboxylic acids is 1. The number of halogens is 2. The Balaban J connectivity index is 1.42. The molecule has 1 saturated heterocycles. The van der Waals surface area contributed by atoms with Crippen molar-refractivity contribution in [3.8, 4) is 0 Å². The van der Waals surface area contributed by atoms with E-state index in [1.54, 1.807) is 0 Å². The molecule has 0 unspecified atom stereocenters. The van der Waals surface area contributed by atoms with Crippen molar-refractivity contribution in [3.05, 3.63) is 52.4 Å². The summed E-state index contributed by atoms with van der Waals surface area (Å²) in [6, 6.07) is 7.06. The maximum atomic E-state index is 13.4. The second kappa shape index (κ2) is 10.8. The van der Waals surface area contributed by atoms with Gasteiger partial charge in [-0.2, -0.15) is 0 Å². The lowest BCUT2D eigenvalue weighted by atomic mass is 10.0. The van der Waals surface area contributed by atoms with Crippen LogP contribution in [-0.4, -0.2) is 71.3 Å². The van der Waals surface area contributed by atoms with E-state index in [2.05, 4.69) is 27.1 Å². The number of alkyl halides is 1. The molecule has 2 aliphatic rings. The van der Waals surface area contributed by atoms with Crippen LogP contribution in [0, 0.1) is 0 Å². The van der Waals surface area contributed by atoms with Gasteiger partial charge >= 0.3 is 0 Å². The molecule has 7 nitrogen and oxygen atoms in total. The fraction of sp³-hybridized carbons (Fsp3) is 0.542. The zero-order valence-electron chi connectivity index (χ0n) is 18.9. The highest BCUT2D eigenvalue weighted by molar-refractivity contribution is 6.30. The van der Waals surface area contributed by atoms with E-state index in [0.29, 0.717) is 57.0 Å². The maximum absolute atomic E-state index is 13.4. The number of aliphatic hydroxyl groups is 1. The van der Waals surface area contributed by atoms with Crippen LogP contribution in [0.15, 0.2) is 30.6 Å². The van der Waals surface area contributed by atoms with Crippen LogP contribution in [0.2, 0.25) is 5.02 Å². The summed E-state index contributed by atoms with van der Waals surface area (Å²) >= 11 is 5.99. The van der Waals surface area contributed by atoms with Gasteiger partial charge in [0.25, 0.3) is 0 Å². The van der Waals surface area contributed by atoms with Gasteiger partial charge in [-0.05, 0) is 49.4 Å². The number of benzene rings is 1. The number of hydrogen-bond acceptors (Lipinski definition) is 6. The molecule has 0 spiro atoms. The molecule has 2 heterocycles. The van der Waals surface area contributed by atoms with Gasteiger partial charge < -0.3 is 20.2 Å². The number of rotatable bonds is 8. The molecule has 1 aromatic carbocycles. The first-order chi connectivity index (χ1) is 16.0. The van der Waals surface area contributed by atoms with Crippen LogP contribution in [0.25, 0.3) is 0 Å². The first-order valence-corrected chi connectivity index (χ1v) is 12.0. The Kier molecular flexibility index (Phi) is 7.78. The highest BCUT2D eigenvalue weighted by Crippen LogP contribution is 2.42. The topological polar surface area (TPSA) is 81.6 Å². The number of nitrogens with zero attached hydrogens (tertiary/aromatic N) is 4. The molecule has 9 heteroatoms. The number of nitrogens with one attached hydrogen (secondary N) is 1. The lowest BCUT2D eigenvalue weighted by molar-refractivity contribution is -0.133. The van der Waals surface area contributed by atoms with Gasteiger partial charge in [-0.1, -0.05) is 30.7 Å². The quantitative estimate of drug-likeness (QED) is 0.571. The van der Waals surface area contributed by atoms with Crippen LogP contribution in [-0.2, 0) is 11.2 Å². The van der Waals surface area contributed by atoms with E-state index in [1.165, 1.54) is 6.33 Å². The number of anilines is 1. The third-order valence-electron chi connectivity index (χ3n) is 6.52. The van der Waals surface area contributed by atoms with Gasteiger partial charge in [0.15, 0.2) is 0 Å². The molecule has 178 valence electrons. The predicted molar refractivity (Wildman–Crippen MR) is 126 cm³/mol. The van der Waals surface area contributed by atoms with E-state index in [4.69, 9.17) is 11.6 Å². The van der Waals surface area contributed by atoms with Crippen molar-refractivity contribution in [1.29, 1.82) is 0 Å². The normalized spacial score (nSPS) is 21.2. The Morgan fingerprint density at radius 2 is 1.97 bits per heavy atom. The maximum Gasteiger partial charge on any atom is 0.240 e. The van der Waals surface area contributed by atoms with Crippen molar-refractivity contribution in [3.63, 3.8) is 0 Å². The lowest BCUT2D eigenvalue weighted by Crippen LogP contribution is -2.55. The number of hydrogen-bond donors (Lipinski definition) is 2. The molecule has 1 aliphatic carbocycles. The van der Waals surface area contributed by atoms with Gasteiger partial charge in [-0.15, -0.1) is 0 Å². The number of carbonyl (C=O) groups is 1. The molecular formula is C24H31ClFN5O2. The molecule has 1 amide bonds. The average molecular weight is 476 g/mol. The van der Waals surface area contributed by atoms with Crippen molar-refractivity contribution >= 4 is 23.3 Å². The molecule has 1 fully saturated rings. The monoisotopic (exact) mass is 475 g/mol. The van der Waals surface area contributed by atoms with Crippen LogP contribution < -0.4 is 10.2 Å². The number of piperazine rings is 1. The molecule has 0 saturated carbocycles. The first-order valence-electron chi connectivity index (χ1n) is 11.6. The smallest absolute Gasteiger partial charge is 0.240 e. The summed E-state index contributed by atoms with van der Waals surface area (Å²) in [6.07, 6.45) is 2.54. The molecule has 1 aliphatic heterocycles. The highest BCUT2D eigenvalue weighted by atomic mass is 35.5. The van der Waals surface area contributed by atoms with Crippen molar-refractivity contribution < 1.29 is 14.3 Å². The molecule has 1 aromatic heterocycles. The third kappa shape index (κ3) is 5.45. The summed E-state index contributed by atoms with van der Waals surface area (Å²) in [5, 5.41) is 14.2.